The predicted octanol–water partition coefficient (Wildman–Crippen LogP) is 4.88. The fourth-order valence-electron chi connectivity index (χ4n) is 4.99. The summed E-state index contributed by atoms with van der Waals surface area (Å²) in [5.41, 5.74) is 7.38. The van der Waals surface area contributed by atoms with Gasteiger partial charge in [0.05, 0.1) is 11.6 Å². The van der Waals surface area contributed by atoms with Gasteiger partial charge in [-0.1, -0.05) is 0 Å². The molecule has 2 aromatic heterocycles. The van der Waals surface area contributed by atoms with Gasteiger partial charge in [-0.2, -0.15) is 23.4 Å². The third-order valence-electron chi connectivity index (χ3n) is 7.16. The fraction of sp³-hybridized carbons (Fsp3) is 0.310. The minimum absolute atomic E-state index is 0.162. The number of unbranched alkanes of at least 4 members (excludes halogenated alkanes) is 1. The van der Waals surface area contributed by atoms with E-state index in [9.17, 15) is 23.2 Å². The maximum atomic E-state index is 13.9. The molecule has 1 aliphatic heterocycles. The van der Waals surface area contributed by atoms with E-state index >= 15 is 0 Å². The molecule has 0 bridgehead atoms. The molecule has 2 aromatic carbocycles. The first-order chi connectivity index (χ1) is 19.7. The number of nitrogens with zero attached hydrogens (tertiary/aromatic N) is 5. The molecule has 12 heteroatoms. The molecular formula is C29H28F3N7O2. The van der Waals surface area contributed by atoms with E-state index in [4.69, 9.17) is 10.5 Å². The molecule has 4 aromatic rings. The summed E-state index contributed by atoms with van der Waals surface area (Å²) in [6.07, 6.45) is 1.41. The minimum Gasteiger partial charge on any atom is -0.424 e. The Hall–Kier alpha value is -4.63. The number of aromatic nitrogens is 3. The molecule has 0 saturated carbocycles. The second-order valence-corrected chi connectivity index (χ2v) is 9.84. The van der Waals surface area contributed by atoms with Gasteiger partial charge >= 0.3 is 12.2 Å². The second kappa shape index (κ2) is 11.9. The van der Waals surface area contributed by atoms with Crippen molar-refractivity contribution >= 4 is 22.5 Å². The monoisotopic (exact) mass is 563 g/mol. The number of aromatic amines is 1. The molecule has 3 heterocycles. The van der Waals surface area contributed by atoms with Gasteiger partial charge in [0.1, 0.15) is 17.0 Å². The van der Waals surface area contributed by atoms with Gasteiger partial charge in [-0.3, -0.25) is 9.69 Å². The Morgan fingerprint density at radius 1 is 1.10 bits per heavy atom. The van der Waals surface area contributed by atoms with Gasteiger partial charge < -0.3 is 20.4 Å². The summed E-state index contributed by atoms with van der Waals surface area (Å²) in [7, 11) is 0. The van der Waals surface area contributed by atoms with Gasteiger partial charge in [0.25, 0.3) is 5.91 Å². The highest BCUT2D eigenvalue weighted by Gasteiger charge is 2.36. The van der Waals surface area contributed by atoms with Crippen molar-refractivity contribution in [2.24, 2.45) is 5.73 Å². The zero-order valence-corrected chi connectivity index (χ0v) is 22.1. The molecule has 3 N–H and O–H groups in total. The fourth-order valence-corrected chi connectivity index (χ4v) is 4.99. The molecule has 0 radical (unpaired) electrons. The van der Waals surface area contributed by atoms with E-state index in [1.54, 1.807) is 12.1 Å². The van der Waals surface area contributed by atoms with E-state index < -0.39 is 29.4 Å². The quantitative estimate of drug-likeness (QED) is 0.278. The number of amides is 1. The molecule has 0 unspecified atom stereocenters. The molecule has 1 saturated heterocycles. The highest BCUT2D eigenvalue weighted by atomic mass is 19.4. The topological polar surface area (TPSA) is 124 Å². The van der Waals surface area contributed by atoms with Crippen molar-refractivity contribution in [1.82, 2.24) is 19.9 Å². The number of nitrogens with one attached hydrogen (secondary N) is 1. The number of ether oxygens (including phenoxy) is 1. The number of nitrogens with two attached hydrogens (primary N) is 1. The van der Waals surface area contributed by atoms with Crippen LogP contribution in [0.5, 0.6) is 11.8 Å². The van der Waals surface area contributed by atoms with E-state index in [1.807, 2.05) is 23.2 Å². The summed E-state index contributed by atoms with van der Waals surface area (Å²) in [5.74, 6) is -1.30. The summed E-state index contributed by atoms with van der Waals surface area (Å²) in [6.45, 7) is 3.59. The van der Waals surface area contributed by atoms with Gasteiger partial charge in [0.2, 0.25) is 0 Å². The third-order valence-corrected chi connectivity index (χ3v) is 7.16. The molecule has 1 fully saturated rings. The number of nitriles is 1. The first-order valence-electron chi connectivity index (χ1n) is 13.2. The van der Waals surface area contributed by atoms with E-state index in [0.717, 1.165) is 55.9 Å². The average Bonchev–Trinajstić information content (AvgIpc) is 3.37. The molecule has 5 rings (SSSR count). The minimum atomic E-state index is -4.67. The van der Waals surface area contributed by atoms with Gasteiger partial charge in [0, 0.05) is 55.2 Å². The third kappa shape index (κ3) is 6.58. The largest absolute Gasteiger partial charge is 0.424 e. The standard InChI is InChI=1S/C29H28F3N7O2/c30-29(31,32)23-16-21(5-7-26(23)41-28-35-9-8-25(37-28)27(34)40)39-13-11-38(12-14-39)10-2-1-3-20-18-36-24-6-4-19(17-33)15-22(20)24/h4-9,15-16,18,36H,1-3,10-14H2,(H2,34,40). The highest BCUT2D eigenvalue weighted by molar-refractivity contribution is 5.90. The number of piperazine rings is 1. The lowest BCUT2D eigenvalue weighted by molar-refractivity contribution is -0.138. The van der Waals surface area contributed by atoms with Crippen LogP contribution in [0.1, 0.15) is 40.0 Å². The zero-order valence-electron chi connectivity index (χ0n) is 22.1. The smallest absolute Gasteiger partial charge is 0.420 e. The Bertz CT molecular complexity index is 1590. The van der Waals surface area contributed by atoms with Crippen molar-refractivity contribution in [2.45, 2.75) is 25.4 Å². The molecular weight excluding hydrogens is 535 g/mol. The lowest BCUT2D eigenvalue weighted by Gasteiger charge is -2.36. The number of fused-ring (bicyclic) bond motifs is 1. The molecule has 0 atom stereocenters. The van der Waals surface area contributed by atoms with Crippen molar-refractivity contribution < 1.29 is 22.7 Å². The summed E-state index contributed by atoms with van der Waals surface area (Å²) < 4.78 is 47.1. The zero-order chi connectivity index (χ0) is 29.0. The number of rotatable bonds is 9. The number of carbonyl (C=O) groups is 1. The number of halogens is 3. The van der Waals surface area contributed by atoms with Crippen LogP contribution in [0.3, 0.4) is 0 Å². The van der Waals surface area contributed by atoms with Crippen LogP contribution in [0.4, 0.5) is 18.9 Å². The van der Waals surface area contributed by atoms with Crippen molar-refractivity contribution in [3.8, 4) is 17.8 Å². The van der Waals surface area contributed by atoms with Crippen molar-refractivity contribution in [3.63, 3.8) is 0 Å². The molecule has 0 spiro atoms. The number of benzene rings is 2. The van der Waals surface area contributed by atoms with Crippen molar-refractivity contribution in [1.29, 1.82) is 5.26 Å². The molecule has 212 valence electrons. The molecule has 41 heavy (non-hydrogen) atoms. The van der Waals surface area contributed by atoms with Crippen LogP contribution < -0.4 is 15.4 Å². The Morgan fingerprint density at radius 3 is 2.63 bits per heavy atom. The molecule has 1 aliphatic rings. The second-order valence-electron chi connectivity index (χ2n) is 9.84. The van der Waals surface area contributed by atoms with Crippen LogP contribution in [0.2, 0.25) is 0 Å². The van der Waals surface area contributed by atoms with Crippen molar-refractivity contribution in [2.75, 3.05) is 37.6 Å². The number of hydrogen-bond acceptors (Lipinski definition) is 7. The summed E-state index contributed by atoms with van der Waals surface area (Å²) in [4.78, 5) is 26.4. The Morgan fingerprint density at radius 2 is 1.90 bits per heavy atom. The number of anilines is 1. The van der Waals surface area contributed by atoms with Gasteiger partial charge in [0.15, 0.2) is 0 Å². The van der Waals surface area contributed by atoms with Gasteiger partial charge in [-0.15, -0.1) is 0 Å². The SMILES string of the molecule is N#Cc1ccc2[nH]cc(CCCCN3CCN(c4ccc(Oc5nccc(C(N)=O)n5)c(C(F)(F)F)c4)CC3)c2c1. The number of carbonyl (C=O) groups excluding carboxylic acids is 1. The predicted molar refractivity (Wildman–Crippen MR) is 147 cm³/mol. The van der Waals surface area contributed by atoms with Gasteiger partial charge in [-0.25, -0.2) is 4.98 Å². The van der Waals surface area contributed by atoms with E-state index in [1.165, 1.54) is 23.9 Å². The number of aryl methyl sites for hydroxylation is 1. The van der Waals surface area contributed by atoms with Crippen LogP contribution in [0.25, 0.3) is 10.9 Å². The first-order valence-corrected chi connectivity index (χ1v) is 13.2. The Labute approximate surface area is 234 Å². The van der Waals surface area contributed by atoms with Crippen LogP contribution >= 0.6 is 0 Å². The number of primary amides is 1. The van der Waals surface area contributed by atoms with Crippen LogP contribution in [-0.2, 0) is 12.6 Å². The molecule has 9 nitrogen and oxygen atoms in total. The summed E-state index contributed by atoms with van der Waals surface area (Å²) in [6, 6.07) is 12.6. The van der Waals surface area contributed by atoms with Crippen LogP contribution in [0.15, 0.2) is 54.9 Å². The average molecular weight is 564 g/mol. The van der Waals surface area contributed by atoms with E-state index in [2.05, 4.69) is 25.9 Å². The van der Waals surface area contributed by atoms with Crippen molar-refractivity contribution in [3.05, 3.63) is 77.2 Å². The molecule has 0 aliphatic carbocycles. The lowest BCUT2D eigenvalue weighted by Crippen LogP contribution is -2.46. The highest BCUT2D eigenvalue weighted by Crippen LogP contribution is 2.40. The summed E-state index contributed by atoms with van der Waals surface area (Å²) >= 11 is 0. The van der Waals surface area contributed by atoms with Crippen LogP contribution in [0, 0.1) is 11.3 Å². The number of H-pyrrole nitrogens is 1. The number of alkyl halides is 3. The maximum absolute atomic E-state index is 13.9. The lowest BCUT2D eigenvalue weighted by atomic mass is 10.0. The Kier molecular flexibility index (Phi) is 8.07. The normalized spacial score (nSPS) is 14.2. The molecule has 1 amide bonds. The van der Waals surface area contributed by atoms with Gasteiger partial charge in [-0.05, 0) is 73.8 Å². The van der Waals surface area contributed by atoms with Crippen LogP contribution in [-0.4, -0.2) is 58.5 Å². The first kappa shape index (κ1) is 27.9. The van der Waals surface area contributed by atoms with E-state index in [0.29, 0.717) is 24.3 Å². The summed E-state index contributed by atoms with van der Waals surface area (Å²) in [5, 5.41) is 10.3. The Balaban J connectivity index is 1.16. The number of hydrogen-bond donors (Lipinski definition) is 2. The van der Waals surface area contributed by atoms with E-state index in [-0.39, 0.29) is 5.69 Å². The maximum Gasteiger partial charge on any atom is 0.420 e.